The number of carbonyl (C=O) groups is 1. The normalized spacial score (nSPS) is 14.8. The number of rotatable bonds is 7. The third-order valence-electron chi connectivity index (χ3n) is 6.70. The highest BCUT2D eigenvalue weighted by Crippen LogP contribution is 2.38. The summed E-state index contributed by atoms with van der Waals surface area (Å²) in [6.45, 7) is 8.23. The van der Waals surface area contributed by atoms with Crippen molar-refractivity contribution < 1.29 is 4.79 Å². The first-order chi connectivity index (χ1) is 18.3. The van der Waals surface area contributed by atoms with Crippen molar-refractivity contribution in [1.82, 2.24) is 14.8 Å². The maximum atomic E-state index is 13.8. The van der Waals surface area contributed by atoms with E-state index in [1.165, 1.54) is 17.3 Å². The number of allylic oxidation sites excluding steroid dienone is 1. The zero-order valence-corrected chi connectivity index (χ0v) is 23.4. The minimum Gasteiger partial charge on any atom is -0.328 e. The van der Waals surface area contributed by atoms with Gasteiger partial charge in [-0.3, -0.25) is 4.79 Å². The second kappa shape index (κ2) is 11.1. The molecule has 6 nitrogen and oxygen atoms in total. The maximum Gasteiger partial charge on any atom is 0.255 e. The van der Waals surface area contributed by atoms with Crippen LogP contribution in [0.2, 0.25) is 5.02 Å². The molecule has 1 aromatic heterocycles. The fraction of sp³-hybridized carbons (Fsp3) is 0.233. The standard InChI is InChI=1S/C30H30ClN5OS/c1-18(2)21-13-15-22(16-14-21)27-26(28(37)33-25-12-8-5-9-19(25)3)20(4)32-29-34-30(35-36(27)29)38-17-23-10-6-7-11-24(23)31/h5-16,18,27H,17H2,1-4H3,(H,33,37)(H,32,34,35). The molecular weight excluding hydrogens is 514 g/mol. The lowest BCUT2D eigenvalue weighted by molar-refractivity contribution is -0.113. The van der Waals surface area contributed by atoms with Gasteiger partial charge in [0.15, 0.2) is 0 Å². The van der Waals surface area contributed by atoms with E-state index >= 15 is 0 Å². The van der Waals surface area contributed by atoms with E-state index in [2.05, 4.69) is 48.7 Å². The highest BCUT2D eigenvalue weighted by molar-refractivity contribution is 7.98. The molecule has 0 bridgehead atoms. The molecule has 5 rings (SSSR count). The van der Waals surface area contributed by atoms with E-state index in [1.54, 1.807) is 0 Å². The van der Waals surface area contributed by atoms with E-state index in [0.717, 1.165) is 33.1 Å². The fourth-order valence-electron chi connectivity index (χ4n) is 4.52. The molecule has 0 saturated carbocycles. The minimum atomic E-state index is -0.432. The first-order valence-electron chi connectivity index (χ1n) is 12.6. The van der Waals surface area contributed by atoms with Gasteiger partial charge in [-0.15, -0.1) is 5.10 Å². The van der Waals surface area contributed by atoms with Gasteiger partial charge in [0.25, 0.3) is 5.91 Å². The molecule has 1 unspecified atom stereocenters. The molecule has 0 saturated heterocycles. The summed E-state index contributed by atoms with van der Waals surface area (Å²) < 4.78 is 1.82. The molecule has 0 aliphatic carbocycles. The summed E-state index contributed by atoms with van der Waals surface area (Å²) in [6, 6.07) is 23.5. The Morgan fingerprint density at radius 2 is 1.76 bits per heavy atom. The molecule has 1 aliphatic heterocycles. The predicted molar refractivity (Wildman–Crippen MR) is 156 cm³/mol. The van der Waals surface area contributed by atoms with Crippen LogP contribution < -0.4 is 10.6 Å². The van der Waals surface area contributed by atoms with Gasteiger partial charge in [-0.25, -0.2) is 4.68 Å². The second-order valence-corrected chi connectivity index (χ2v) is 11.0. The third kappa shape index (κ3) is 5.35. The Labute approximate surface area is 232 Å². The van der Waals surface area contributed by atoms with E-state index < -0.39 is 6.04 Å². The molecule has 0 radical (unpaired) electrons. The van der Waals surface area contributed by atoms with Gasteiger partial charge >= 0.3 is 0 Å². The molecule has 2 N–H and O–H groups in total. The first kappa shape index (κ1) is 26.1. The van der Waals surface area contributed by atoms with Gasteiger partial charge in [-0.05, 0) is 54.2 Å². The Bertz CT molecular complexity index is 1510. The summed E-state index contributed by atoms with van der Waals surface area (Å²) in [5.41, 5.74) is 6.37. The second-order valence-electron chi connectivity index (χ2n) is 9.70. The van der Waals surface area contributed by atoms with Crippen LogP contribution in [0.3, 0.4) is 0 Å². The number of hydrogen-bond acceptors (Lipinski definition) is 5. The highest BCUT2D eigenvalue weighted by atomic mass is 35.5. The summed E-state index contributed by atoms with van der Waals surface area (Å²) in [4.78, 5) is 18.5. The van der Waals surface area contributed by atoms with Crippen molar-refractivity contribution >= 4 is 40.9 Å². The summed E-state index contributed by atoms with van der Waals surface area (Å²) in [5, 5.41) is 12.6. The number of nitrogens with one attached hydrogen (secondary N) is 2. The van der Waals surface area contributed by atoms with Crippen molar-refractivity contribution in [3.63, 3.8) is 0 Å². The Hall–Kier alpha value is -3.55. The lowest BCUT2D eigenvalue weighted by Crippen LogP contribution is -2.31. The number of para-hydroxylation sites is 1. The average molecular weight is 544 g/mol. The largest absolute Gasteiger partial charge is 0.328 e. The predicted octanol–water partition coefficient (Wildman–Crippen LogP) is 7.58. The molecule has 194 valence electrons. The molecule has 0 spiro atoms. The number of aryl methyl sites for hydroxylation is 1. The molecule has 1 aliphatic rings. The Morgan fingerprint density at radius 3 is 2.47 bits per heavy atom. The molecular formula is C30H30ClN5OS. The lowest BCUT2D eigenvalue weighted by atomic mass is 9.92. The fourth-order valence-corrected chi connectivity index (χ4v) is 5.63. The first-order valence-corrected chi connectivity index (χ1v) is 14.0. The molecule has 8 heteroatoms. The maximum absolute atomic E-state index is 13.8. The van der Waals surface area contributed by atoms with Gasteiger partial charge in [0.1, 0.15) is 6.04 Å². The third-order valence-corrected chi connectivity index (χ3v) is 7.96. The zero-order chi connectivity index (χ0) is 26.8. The molecule has 1 amide bonds. The van der Waals surface area contributed by atoms with Crippen LogP contribution in [-0.2, 0) is 10.5 Å². The number of aromatic nitrogens is 3. The summed E-state index contributed by atoms with van der Waals surface area (Å²) >= 11 is 7.87. The number of amides is 1. The van der Waals surface area contributed by atoms with Gasteiger partial charge in [0, 0.05) is 22.2 Å². The number of benzene rings is 3. The van der Waals surface area contributed by atoms with Crippen molar-refractivity contribution in [2.75, 3.05) is 10.6 Å². The van der Waals surface area contributed by atoms with Crippen LogP contribution in [0.15, 0.2) is 89.2 Å². The van der Waals surface area contributed by atoms with Crippen molar-refractivity contribution in [3.05, 3.63) is 111 Å². The van der Waals surface area contributed by atoms with E-state index in [1.807, 2.05) is 67.1 Å². The van der Waals surface area contributed by atoms with Crippen LogP contribution in [0.4, 0.5) is 11.6 Å². The van der Waals surface area contributed by atoms with Crippen LogP contribution in [0.1, 0.15) is 55.0 Å². The summed E-state index contributed by atoms with van der Waals surface area (Å²) in [7, 11) is 0. The van der Waals surface area contributed by atoms with Crippen molar-refractivity contribution in [2.45, 2.75) is 50.6 Å². The molecule has 3 aromatic carbocycles. The van der Waals surface area contributed by atoms with E-state index in [0.29, 0.717) is 28.3 Å². The molecule has 38 heavy (non-hydrogen) atoms. The van der Waals surface area contributed by atoms with Crippen LogP contribution in [0.25, 0.3) is 0 Å². The van der Waals surface area contributed by atoms with Crippen LogP contribution >= 0.6 is 23.4 Å². The van der Waals surface area contributed by atoms with E-state index in [-0.39, 0.29) is 5.91 Å². The van der Waals surface area contributed by atoms with Gasteiger partial charge in [0.05, 0.1) is 5.57 Å². The molecule has 1 atom stereocenters. The average Bonchev–Trinajstić information content (AvgIpc) is 3.31. The monoisotopic (exact) mass is 543 g/mol. The van der Waals surface area contributed by atoms with Gasteiger partial charge in [0.2, 0.25) is 11.1 Å². The van der Waals surface area contributed by atoms with Gasteiger partial charge < -0.3 is 10.6 Å². The van der Waals surface area contributed by atoms with E-state index in [4.69, 9.17) is 21.7 Å². The zero-order valence-electron chi connectivity index (χ0n) is 21.8. The van der Waals surface area contributed by atoms with E-state index in [9.17, 15) is 4.79 Å². The Balaban J connectivity index is 1.51. The van der Waals surface area contributed by atoms with Crippen LogP contribution in [-0.4, -0.2) is 20.7 Å². The number of nitrogens with zero attached hydrogens (tertiary/aromatic N) is 3. The molecule has 0 fully saturated rings. The Kier molecular flexibility index (Phi) is 7.58. The number of hydrogen-bond donors (Lipinski definition) is 2. The quantitative estimate of drug-likeness (QED) is 0.235. The number of carbonyl (C=O) groups excluding carboxylic acids is 1. The number of thioether (sulfide) groups is 1. The summed E-state index contributed by atoms with van der Waals surface area (Å²) in [6.07, 6.45) is 0. The van der Waals surface area contributed by atoms with Crippen LogP contribution in [0, 0.1) is 6.92 Å². The van der Waals surface area contributed by atoms with Gasteiger partial charge in [-0.2, -0.15) is 4.98 Å². The smallest absolute Gasteiger partial charge is 0.255 e. The summed E-state index contributed by atoms with van der Waals surface area (Å²) in [5.74, 6) is 1.49. The van der Waals surface area contributed by atoms with Crippen molar-refractivity contribution in [3.8, 4) is 0 Å². The van der Waals surface area contributed by atoms with Crippen molar-refractivity contribution in [2.24, 2.45) is 0 Å². The van der Waals surface area contributed by atoms with Crippen molar-refractivity contribution in [1.29, 1.82) is 0 Å². The minimum absolute atomic E-state index is 0.173. The number of halogens is 1. The topological polar surface area (TPSA) is 71.8 Å². The lowest BCUT2D eigenvalue weighted by Gasteiger charge is -2.29. The molecule has 4 aromatic rings. The number of fused-ring (bicyclic) bond motifs is 1. The number of anilines is 2. The molecule has 2 heterocycles. The van der Waals surface area contributed by atoms with Gasteiger partial charge in [-0.1, -0.05) is 97.9 Å². The van der Waals surface area contributed by atoms with Crippen LogP contribution in [0.5, 0.6) is 0 Å². The Morgan fingerprint density at radius 1 is 1.05 bits per heavy atom. The highest BCUT2D eigenvalue weighted by Gasteiger charge is 2.34. The SMILES string of the molecule is CC1=C(C(=O)Nc2ccccc2C)C(c2ccc(C(C)C)cc2)n2nc(SCc3ccccc3Cl)nc2N1.